The summed E-state index contributed by atoms with van der Waals surface area (Å²) in [6, 6.07) is 0. The van der Waals surface area contributed by atoms with E-state index in [9.17, 15) is 4.79 Å². The van der Waals surface area contributed by atoms with Crippen LogP contribution in [0.1, 0.15) is 29.1 Å². The molecule has 3 rings (SSSR count). The molecule has 0 aromatic carbocycles. The van der Waals surface area contributed by atoms with Gasteiger partial charge in [-0.15, -0.1) is 0 Å². The summed E-state index contributed by atoms with van der Waals surface area (Å²) in [7, 11) is 0. The number of nitrogens with zero attached hydrogens (tertiary/aromatic N) is 3. The molecule has 1 amide bonds. The number of amides is 1. The van der Waals surface area contributed by atoms with Crippen LogP contribution in [0.3, 0.4) is 0 Å². The van der Waals surface area contributed by atoms with Crippen LogP contribution in [0.2, 0.25) is 0 Å². The summed E-state index contributed by atoms with van der Waals surface area (Å²) in [5.41, 5.74) is 4.46. The normalized spacial score (nSPS) is 17.5. The lowest BCUT2D eigenvalue weighted by atomic mass is 9.95. The van der Waals surface area contributed by atoms with Crippen LogP contribution >= 0.6 is 0 Å². The fourth-order valence-corrected chi connectivity index (χ4v) is 2.99. The molecule has 0 saturated carbocycles. The highest BCUT2D eigenvalue weighted by Gasteiger charge is 2.24. The van der Waals surface area contributed by atoms with E-state index < -0.39 is 0 Å². The average molecular weight is 287 g/mol. The number of rotatable bonds is 4. The summed E-state index contributed by atoms with van der Waals surface area (Å²) in [5.74, 6) is 0.224. The van der Waals surface area contributed by atoms with Gasteiger partial charge in [-0.2, -0.15) is 5.10 Å². The van der Waals surface area contributed by atoms with Gasteiger partial charge in [0.25, 0.3) is 0 Å². The van der Waals surface area contributed by atoms with Crippen molar-refractivity contribution in [2.75, 3.05) is 6.54 Å². The van der Waals surface area contributed by atoms with Gasteiger partial charge >= 0.3 is 0 Å². The molecule has 2 N–H and O–H groups in total. The molecule has 112 valence electrons. The van der Waals surface area contributed by atoms with Gasteiger partial charge < -0.3 is 9.88 Å². The maximum atomic E-state index is 12.3. The first-order valence-corrected chi connectivity index (χ1v) is 7.42. The summed E-state index contributed by atoms with van der Waals surface area (Å²) in [4.78, 5) is 16.4. The Labute approximate surface area is 124 Å². The summed E-state index contributed by atoms with van der Waals surface area (Å²) < 4.78 is 2.13. The lowest BCUT2D eigenvalue weighted by Crippen LogP contribution is -2.36. The molecule has 0 radical (unpaired) electrons. The maximum Gasteiger partial charge on any atom is 0.223 e. The Balaban J connectivity index is 1.51. The Bertz CT molecular complexity index is 623. The zero-order chi connectivity index (χ0) is 14.8. The van der Waals surface area contributed by atoms with Gasteiger partial charge in [-0.25, -0.2) is 4.98 Å². The van der Waals surface area contributed by atoms with Crippen LogP contribution in [0.15, 0.2) is 12.5 Å². The highest BCUT2D eigenvalue weighted by molar-refractivity contribution is 5.79. The second-order valence-corrected chi connectivity index (χ2v) is 5.72. The fraction of sp³-hybridized carbons (Fsp3) is 0.533. The van der Waals surface area contributed by atoms with Crippen LogP contribution in [0.5, 0.6) is 0 Å². The first-order valence-electron chi connectivity index (χ1n) is 7.42. The molecular formula is C15H21N5O. The van der Waals surface area contributed by atoms with Crippen LogP contribution in [0.25, 0.3) is 0 Å². The molecule has 1 aliphatic heterocycles. The number of aromatic amines is 1. The Morgan fingerprint density at radius 3 is 3.14 bits per heavy atom. The molecule has 21 heavy (non-hydrogen) atoms. The molecule has 0 saturated heterocycles. The van der Waals surface area contributed by atoms with Gasteiger partial charge in [-0.1, -0.05) is 0 Å². The minimum absolute atomic E-state index is 0.0701. The van der Waals surface area contributed by atoms with E-state index in [1.165, 1.54) is 5.56 Å². The number of hydrogen-bond acceptors (Lipinski definition) is 3. The van der Waals surface area contributed by atoms with Crippen molar-refractivity contribution < 1.29 is 4.79 Å². The molecule has 0 aliphatic carbocycles. The first-order chi connectivity index (χ1) is 10.1. The molecule has 1 unspecified atom stereocenters. The summed E-state index contributed by atoms with van der Waals surface area (Å²) in [5, 5.41) is 10.2. The van der Waals surface area contributed by atoms with Crippen LogP contribution < -0.4 is 5.32 Å². The van der Waals surface area contributed by atoms with Gasteiger partial charge in [-0.3, -0.25) is 9.89 Å². The quantitative estimate of drug-likeness (QED) is 0.885. The highest BCUT2D eigenvalue weighted by atomic mass is 16.1. The number of carbonyl (C=O) groups excluding carboxylic acids is 1. The van der Waals surface area contributed by atoms with E-state index in [-0.39, 0.29) is 11.8 Å². The van der Waals surface area contributed by atoms with E-state index in [1.807, 2.05) is 26.4 Å². The summed E-state index contributed by atoms with van der Waals surface area (Å²) in [6.45, 7) is 5.55. The number of carbonyl (C=O) groups is 1. The van der Waals surface area contributed by atoms with Gasteiger partial charge in [0.1, 0.15) is 0 Å². The van der Waals surface area contributed by atoms with Gasteiger partial charge in [0.15, 0.2) is 0 Å². The third-order valence-electron chi connectivity index (χ3n) is 4.30. The van der Waals surface area contributed by atoms with E-state index >= 15 is 0 Å². The average Bonchev–Trinajstić information content (AvgIpc) is 3.07. The number of H-pyrrole nitrogens is 1. The molecule has 2 aromatic heterocycles. The van der Waals surface area contributed by atoms with Crippen LogP contribution in [-0.2, 0) is 24.2 Å². The monoisotopic (exact) mass is 287 g/mol. The van der Waals surface area contributed by atoms with Gasteiger partial charge in [-0.05, 0) is 32.3 Å². The molecule has 6 heteroatoms. The second kappa shape index (κ2) is 5.71. The van der Waals surface area contributed by atoms with Gasteiger partial charge in [0.2, 0.25) is 5.91 Å². The minimum atomic E-state index is 0.0701. The standard InChI is InChI=1S/C15H21N5O/c1-10-14(11(2)19-18-10)3-5-17-15(21)12-4-6-20-9-16-8-13(20)7-12/h8-9,12H,3-7H2,1-2H3,(H,17,21)(H,18,19). The van der Waals surface area contributed by atoms with Crippen molar-refractivity contribution in [1.29, 1.82) is 0 Å². The molecule has 0 spiro atoms. The molecule has 0 fully saturated rings. The SMILES string of the molecule is Cc1n[nH]c(C)c1CCNC(=O)C1CCn2cncc2C1. The number of fused-ring (bicyclic) bond motifs is 1. The molecule has 2 aromatic rings. The zero-order valence-electron chi connectivity index (χ0n) is 12.5. The topological polar surface area (TPSA) is 75.6 Å². The summed E-state index contributed by atoms with van der Waals surface area (Å²) in [6.07, 6.45) is 6.20. The number of nitrogens with one attached hydrogen (secondary N) is 2. The van der Waals surface area contributed by atoms with E-state index in [0.29, 0.717) is 6.54 Å². The Morgan fingerprint density at radius 1 is 1.52 bits per heavy atom. The Morgan fingerprint density at radius 2 is 2.38 bits per heavy atom. The zero-order valence-corrected chi connectivity index (χ0v) is 12.5. The third-order valence-corrected chi connectivity index (χ3v) is 4.30. The predicted octanol–water partition coefficient (Wildman–Crippen LogP) is 1.14. The van der Waals surface area contributed by atoms with Crippen molar-refractivity contribution in [3.63, 3.8) is 0 Å². The van der Waals surface area contributed by atoms with Crippen molar-refractivity contribution in [2.45, 2.75) is 39.7 Å². The van der Waals surface area contributed by atoms with Crippen molar-refractivity contribution in [3.05, 3.63) is 35.2 Å². The highest BCUT2D eigenvalue weighted by Crippen LogP contribution is 2.20. The molecule has 1 atom stereocenters. The van der Waals surface area contributed by atoms with Crippen LogP contribution in [0, 0.1) is 19.8 Å². The van der Waals surface area contributed by atoms with E-state index in [1.54, 1.807) is 0 Å². The van der Waals surface area contributed by atoms with Crippen LogP contribution in [-0.4, -0.2) is 32.2 Å². The smallest absolute Gasteiger partial charge is 0.223 e. The van der Waals surface area contributed by atoms with Crippen LogP contribution in [0.4, 0.5) is 0 Å². The van der Waals surface area contributed by atoms with E-state index in [2.05, 4.69) is 25.1 Å². The predicted molar refractivity (Wildman–Crippen MR) is 78.8 cm³/mol. The van der Waals surface area contributed by atoms with Crippen molar-refractivity contribution in [2.24, 2.45) is 5.92 Å². The lowest BCUT2D eigenvalue weighted by Gasteiger charge is -2.22. The molecule has 0 bridgehead atoms. The van der Waals surface area contributed by atoms with Crippen molar-refractivity contribution in [3.8, 4) is 0 Å². The first kappa shape index (κ1) is 13.9. The van der Waals surface area contributed by atoms with Gasteiger partial charge in [0.05, 0.1) is 12.0 Å². The van der Waals surface area contributed by atoms with E-state index in [0.717, 1.165) is 42.9 Å². The molecular weight excluding hydrogens is 266 g/mol. The lowest BCUT2D eigenvalue weighted by molar-refractivity contribution is -0.125. The Hall–Kier alpha value is -2.11. The largest absolute Gasteiger partial charge is 0.356 e. The van der Waals surface area contributed by atoms with Crippen molar-refractivity contribution >= 4 is 5.91 Å². The number of hydrogen-bond donors (Lipinski definition) is 2. The summed E-state index contributed by atoms with van der Waals surface area (Å²) >= 11 is 0. The second-order valence-electron chi connectivity index (χ2n) is 5.72. The number of aryl methyl sites for hydroxylation is 3. The molecule has 3 heterocycles. The molecule has 1 aliphatic rings. The third kappa shape index (κ3) is 2.84. The van der Waals surface area contributed by atoms with Crippen molar-refractivity contribution in [1.82, 2.24) is 25.1 Å². The minimum Gasteiger partial charge on any atom is -0.356 e. The maximum absolute atomic E-state index is 12.3. The number of aromatic nitrogens is 4. The van der Waals surface area contributed by atoms with E-state index in [4.69, 9.17) is 0 Å². The fourth-order valence-electron chi connectivity index (χ4n) is 2.99. The van der Waals surface area contributed by atoms with Gasteiger partial charge in [0, 0.05) is 43.0 Å². The Kier molecular flexibility index (Phi) is 3.77. The number of imidazole rings is 1. The molecule has 6 nitrogen and oxygen atoms in total.